The van der Waals surface area contributed by atoms with E-state index in [0.29, 0.717) is 5.57 Å². The van der Waals surface area contributed by atoms with Gasteiger partial charge in [-0.25, -0.2) is 0 Å². The van der Waals surface area contributed by atoms with Crippen molar-refractivity contribution in [2.75, 3.05) is 0 Å². The van der Waals surface area contributed by atoms with Crippen LogP contribution in [0.25, 0.3) is 27.8 Å². The Labute approximate surface area is 203 Å². The fraction of sp³-hybridized carbons (Fsp3) is 0.0667. The van der Waals surface area contributed by atoms with Gasteiger partial charge in [-0.15, -0.1) is 0 Å². The number of hydrogen-bond acceptors (Lipinski definition) is 3. The maximum absolute atomic E-state index is 12.2. The number of aryl methyl sites for hydroxylation is 1. The molecular formula is C30H24NO2S+. The third-order valence-electron chi connectivity index (χ3n) is 5.73. The number of rotatable bonds is 6. The van der Waals surface area contributed by atoms with Gasteiger partial charge in [-0.1, -0.05) is 84.1 Å². The first-order valence-corrected chi connectivity index (χ1v) is 12.1. The summed E-state index contributed by atoms with van der Waals surface area (Å²) < 4.78 is 9.77. The topological polar surface area (TPSA) is 30.2 Å². The molecule has 0 atom stereocenters. The maximum Gasteiger partial charge on any atom is 0.262 e. The van der Waals surface area contributed by atoms with Crippen molar-refractivity contribution in [1.29, 1.82) is 0 Å². The molecule has 0 unspecified atom stereocenters. The minimum atomic E-state index is 0.602. The van der Waals surface area contributed by atoms with Crippen molar-refractivity contribution >= 4 is 45.4 Å². The predicted molar refractivity (Wildman–Crippen MR) is 140 cm³/mol. The van der Waals surface area contributed by atoms with E-state index in [9.17, 15) is 4.79 Å². The smallest absolute Gasteiger partial charge is 0.262 e. The number of hydrogen-bond donors (Lipinski definition) is 0. The van der Waals surface area contributed by atoms with Gasteiger partial charge in [0.15, 0.2) is 6.29 Å². The van der Waals surface area contributed by atoms with Gasteiger partial charge in [0.1, 0.15) is 22.8 Å². The van der Waals surface area contributed by atoms with Crippen LogP contribution in [0.3, 0.4) is 0 Å². The molecule has 0 saturated heterocycles. The van der Waals surface area contributed by atoms with Crippen LogP contribution in [0.15, 0.2) is 114 Å². The Morgan fingerprint density at radius 3 is 2.03 bits per heavy atom. The van der Waals surface area contributed by atoms with Crippen LogP contribution in [0.2, 0.25) is 0 Å². The lowest BCUT2D eigenvalue weighted by atomic mass is 10.0. The molecule has 1 aromatic heterocycles. The average molecular weight is 463 g/mol. The predicted octanol–water partition coefficient (Wildman–Crippen LogP) is 6.83. The lowest BCUT2D eigenvalue weighted by Crippen LogP contribution is -2.33. The van der Waals surface area contributed by atoms with E-state index in [0.717, 1.165) is 46.1 Å². The Bertz CT molecular complexity index is 1400. The summed E-state index contributed by atoms with van der Waals surface area (Å²) in [6, 6.07) is 28.3. The number of benzene rings is 3. The third kappa shape index (κ3) is 4.41. The van der Waals surface area contributed by atoms with Crippen molar-refractivity contribution in [3.8, 4) is 0 Å². The van der Waals surface area contributed by atoms with E-state index < -0.39 is 0 Å². The van der Waals surface area contributed by atoms with Gasteiger partial charge >= 0.3 is 0 Å². The van der Waals surface area contributed by atoms with Crippen LogP contribution in [0.5, 0.6) is 0 Å². The molecule has 0 radical (unpaired) electrons. The third-order valence-corrected chi connectivity index (χ3v) is 6.86. The molecule has 2 heterocycles. The van der Waals surface area contributed by atoms with Gasteiger partial charge in [-0.05, 0) is 36.8 Å². The normalized spacial score (nSPS) is 13.5. The molecule has 0 aliphatic carbocycles. The van der Waals surface area contributed by atoms with Crippen molar-refractivity contribution in [1.82, 2.24) is 0 Å². The minimum absolute atomic E-state index is 0.602. The SMILES string of the molecule is CC[n+]1c(/C=C/C(C=O)=C2C=C(c3ccccc3)OC(c3ccccc3)=C2)sc2ccccc21. The van der Waals surface area contributed by atoms with E-state index in [2.05, 4.69) is 35.8 Å². The van der Waals surface area contributed by atoms with Crippen molar-refractivity contribution in [2.24, 2.45) is 0 Å². The van der Waals surface area contributed by atoms with Gasteiger partial charge in [0.2, 0.25) is 5.52 Å². The maximum atomic E-state index is 12.2. The largest absolute Gasteiger partial charge is 0.456 e. The molecule has 0 saturated carbocycles. The number of allylic oxidation sites excluding steroid dienone is 5. The Balaban J connectivity index is 1.61. The van der Waals surface area contributed by atoms with Gasteiger partial charge < -0.3 is 4.74 Å². The van der Waals surface area contributed by atoms with Crippen LogP contribution < -0.4 is 4.57 Å². The van der Waals surface area contributed by atoms with Gasteiger partial charge in [-0.3, -0.25) is 4.79 Å². The molecule has 4 heteroatoms. The Hall–Kier alpha value is -4.02. The van der Waals surface area contributed by atoms with E-state index in [-0.39, 0.29) is 0 Å². The molecule has 0 amide bonds. The summed E-state index contributed by atoms with van der Waals surface area (Å²) in [5.74, 6) is 1.44. The molecule has 0 N–H and O–H groups in total. The lowest BCUT2D eigenvalue weighted by Gasteiger charge is -2.19. The first kappa shape index (κ1) is 21.8. The van der Waals surface area contributed by atoms with E-state index >= 15 is 0 Å². The molecule has 0 bridgehead atoms. The number of nitrogens with zero attached hydrogens (tertiary/aromatic N) is 1. The Kier molecular flexibility index (Phi) is 6.32. The highest BCUT2D eigenvalue weighted by Gasteiger charge is 2.18. The molecule has 5 rings (SSSR count). The highest BCUT2D eigenvalue weighted by molar-refractivity contribution is 7.18. The zero-order valence-corrected chi connectivity index (χ0v) is 19.7. The summed E-state index contributed by atoms with van der Waals surface area (Å²) in [7, 11) is 0. The summed E-state index contributed by atoms with van der Waals surface area (Å²) in [4.78, 5) is 12.2. The van der Waals surface area contributed by atoms with Crippen LogP contribution in [0, 0.1) is 0 Å². The van der Waals surface area contributed by atoms with Gasteiger partial charge in [0.05, 0.1) is 0 Å². The molecule has 166 valence electrons. The van der Waals surface area contributed by atoms with Crippen molar-refractivity contribution < 1.29 is 14.1 Å². The molecule has 1 aliphatic heterocycles. The van der Waals surface area contributed by atoms with E-state index in [1.807, 2.05) is 85.0 Å². The monoisotopic (exact) mass is 462 g/mol. The fourth-order valence-electron chi connectivity index (χ4n) is 4.03. The van der Waals surface area contributed by atoms with E-state index in [1.54, 1.807) is 11.3 Å². The van der Waals surface area contributed by atoms with E-state index in [4.69, 9.17) is 4.74 Å². The van der Waals surface area contributed by atoms with Crippen molar-refractivity contribution in [3.05, 3.63) is 130 Å². The number of thiazole rings is 1. The lowest BCUT2D eigenvalue weighted by molar-refractivity contribution is -0.665. The number of para-hydroxylation sites is 1. The Morgan fingerprint density at radius 1 is 0.853 bits per heavy atom. The number of aromatic nitrogens is 1. The molecule has 4 aromatic rings. The first-order valence-electron chi connectivity index (χ1n) is 11.3. The van der Waals surface area contributed by atoms with Crippen LogP contribution in [-0.2, 0) is 16.1 Å². The molecule has 34 heavy (non-hydrogen) atoms. The summed E-state index contributed by atoms with van der Waals surface area (Å²) >= 11 is 1.72. The molecule has 1 aliphatic rings. The van der Waals surface area contributed by atoms with Crippen LogP contribution in [0.1, 0.15) is 23.1 Å². The average Bonchev–Trinajstić information content (AvgIpc) is 3.27. The second kappa shape index (κ2) is 9.86. The van der Waals surface area contributed by atoms with Gasteiger partial charge in [0.25, 0.3) is 5.01 Å². The molecule has 0 fully saturated rings. The zero-order valence-electron chi connectivity index (χ0n) is 18.8. The van der Waals surface area contributed by atoms with Crippen LogP contribution >= 0.6 is 11.3 Å². The molecule has 3 aromatic carbocycles. The van der Waals surface area contributed by atoms with Crippen molar-refractivity contribution in [2.45, 2.75) is 13.5 Å². The van der Waals surface area contributed by atoms with Crippen molar-refractivity contribution in [3.63, 3.8) is 0 Å². The first-order chi connectivity index (χ1) is 16.8. The number of carbonyl (C=O) groups excluding carboxylic acids is 1. The second-order valence-corrected chi connectivity index (χ2v) is 8.93. The number of fused-ring (bicyclic) bond motifs is 1. The Morgan fingerprint density at radius 2 is 1.44 bits per heavy atom. The quantitative estimate of drug-likeness (QED) is 0.179. The molecular weight excluding hydrogens is 438 g/mol. The molecule has 3 nitrogen and oxygen atoms in total. The highest BCUT2D eigenvalue weighted by Crippen LogP contribution is 2.33. The number of carbonyl (C=O) groups is 1. The second-order valence-electron chi connectivity index (χ2n) is 7.87. The molecule has 0 spiro atoms. The summed E-state index contributed by atoms with van der Waals surface area (Å²) in [6.45, 7) is 3.00. The highest BCUT2D eigenvalue weighted by atomic mass is 32.1. The zero-order chi connectivity index (χ0) is 23.3. The fourth-order valence-corrected chi connectivity index (χ4v) is 5.15. The summed E-state index contributed by atoms with van der Waals surface area (Å²) in [5, 5.41) is 1.11. The summed E-state index contributed by atoms with van der Waals surface area (Å²) in [6.07, 6.45) is 8.73. The van der Waals surface area contributed by atoms with Gasteiger partial charge in [-0.2, -0.15) is 4.57 Å². The standard InChI is InChI=1S/C30H24NO2S/c1-2-31-26-15-9-10-16-29(26)34-30(31)18-17-24(21-32)25-19-27(22-11-5-3-6-12-22)33-28(20-25)23-13-7-4-8-14-23/h3-21H,2H2,1H3/q+1/b18-17+. The summed E-state index contributed by atoms with van der Waals surface area (Å²) in [5.41, 5.74) is 4.55. The number of aldehydes is 1. The number of ether oxygens (including phenoxy) is 1. The van der Waals surface area contributed by atoms with Crippen LogP contribution in [0.4, 0.5) is 0 Å². The van der Waals surface area contributed by atoms with Gasteiger partial charge in [0, 0.05) is 28.8 Å². The van der Waals surface area contributed by atoms with E-state index in [1.165, 1.54) is 10.2 Å². The van der Waals surface area contributed by atoms with Crippen LogP contribution in [-0.4, -0.2) is 6.29 Å². The minimum Gasteiger partial charge on any atom is -0.456 e.